The van der Waals surface area contributed by atoms with E-state index in [1.54, 1.807) is 12.3 Å². The number of nitrogens with one attached hydrogen (secondary N) is 2. The number of hydrogen-bond donors (Lipinski definition) is 2. The summed E-state index contributed by atoms with van der Waals surface area (Å²) in [5.41, 5.74) is 3.07. The van der Waals surface area contributed by atoms with Gasteiger partial charge in [-0.05, 0) is 43.9 Å². The maximum absolute atomic E-state index is 12.7. The van der Waals surface area contributed by atoms with E-state index in [0.717, 1.165) is 19.3 Å². The Labute approximate surface area is 178 Å². The second-order valence-corrected chi connectivity index (χ2v) is 8.48. The Morgan fingerprint density at radius 3 is 2.77 bits per heavy atom. The summed E-state index contributed by atoms with van der Waals surface area (Å²) in [5.74, 6) is 0.476. The van der Waals surface area contributed by atoms with Gasteiger partial charge in [0.2, 0.25) is 5.91 Å². The van der Waals surface area contributed by atoms with Crippen LogP contribution in [0.1, 0.15) is 67.1 Å². The topological polar surface area (TPSA) is 74.6 Å². The van der Waals surface area contributed by atoms with Gasteiger partial charge in [-0.3, -0.25) is 9.59 Å². The first-order valence-corrected chi connectivity index (χ1v) is 11.1. The number of carbonyl (C=O) groups excluding carboxylic acids is 2. The summed E-state index contributed by atoms with van der Waals surface area (Å²) in [7, 11) is 0. The van der Waals surface area contributed by atoms with Gasteiger partial charge in [-0.25, -0.2) is 0 Å². The first-order chi connectivity index (χ1) is 14.6. The van der Waals surface area contributed by atoms with E-state index in [1.807, 2.05) is 6.07 Å². The highest BCUT2D eigenvalue weighted by molar-refractivity contribution is 5.95. The van der Waals surface area contributed by atoms with E-state index in [0.29, 0.717) is 42.9 Å². The Balaban J connectivity index is 1.30. The SMILES string of the molecule is CC1Cc2ccccc2N1Cc1occc1C(=O)NCCC(=O)NC1CCCCC1. The molecule has 2 aliphatic rings. The summed E-state index contributed by atoms with van der Waals surface area (Å²) in [6.45, 7) is 3.06. The lowest BCUT2D eigenvalue weighted by atomic mass is 9.95. The predicted octanol–water partition coefficient (Wildman–Crippen LogP) is 3.80. The monoisotopic (exact) mass is 409 g/mol. The molecule has 0 bridgehead atoms. The van der Waals surface area contributed by atoms with Crippen LogP contribution in [0.5, 0.6) is 0 Å². The fraction of sp³-hybridized carbons (Fsp3) is 0.500. The van der Waals surface area contributed by atoms with Crippen molar-refractivity contribution in [1.82, 2.24) is 10.6 Å². The molecule has 1 atom stereocenters. The molecule has 1 aliphatic carbocycles. The van der Waals surface area contributed by atoms with Crippen LogP contribution in [0.2, 0.25) is 0 Å². The van der Waals surface area contributed by atoms with E-state index in [1.165, 1.54) is 30.5 Å². The van der Waals surface area contributed by atoms with Crippen LogP contribution in [0, 0.1) is 0 Å². The van der Waals surface area contributed by atoms with Crippen molar-refractivity contribution in [2.45, 2.75) is 70.5 Å². The number of fused-ring (bicyclic) bond motifs is 1. The number of nitrogens with zero attached hydrogens (tertiary/aromatic N) is 1. The van der Waals surface area contributed by atoms with Crippen LogP contribution >= 0.6 is 0 Å². The Hall–Kier alpha value is -2.76. The molecule has 1 saturated carbocycles. The summed E-state index contributed by atoms with van der Waals surface area (Å²) in [5, 5.41) is 5.96. The molecule has 2 aromatic rings. The Morgan fingerprint density at radius 1 is 1.13 bits per heavy atom. The maximum atomic E-state index is 12.7. The quantitative estimate of drug-likeness (QED) is 0.729. The van der Waals surface area contributed by atoms with Gasteiger partial charge < -0.3 is 20.0 Å². The van der Waals surface area contributed by atoms with Gasteiger partial charge in [0.15, 0.2) is 0 Å². The van der Waals surface area contributed by atoms with E-state index in [-0.39, 0.29) is 11.8 Å². The molecular formula is C24H31N3O3. The highest BCUT2D eigenvalue weighted by atomic mass is 16.3. The molecule has 0 radical (unpaired) electrons. The number of carbonyl (C=O) groups is 2. The minimum Gasteiger partial charge on any atom is -0.467 e. The van der Waals surface area contributed by atoms with Crippen molar-refractivity contribution >= 4 is 17.5 Å². The zero-order chi connectivity index (χ0) is 20.9. The molecule has 0 saturated heterocycles. The molecule has 1 aromatic carbocycles. The number of amides is 2. The smallest absolute Gasteiger partial charge is 0.254 e. The van der Waals surface area contributed by atoms with Crippen LogP contribution in [0.3, 0.4) is 0 Å². The average Bonchev–Trinajstić information content (AvgIpc) is 3.33. The van der Waals surface area contributed by atoms with Crippen molar-refractivity contribution in [2.24, 2.45) is 0 Å². The van der Waals surface area contributed by atoms with Crippen molar-refractivity contribution in [3.63, 3.8) is 0 Å². The highest BCUT2D eigenvalue weighted by Crippen LogP contribution is 2.33. The summed E-state index contributed by atoms with van der Waals surface area (Å²) < 4.78 is 5.66. The zero-order valence-corrected chi connectivity index (χ0v) is 17.7. The normalized spacial score (nSPS) is 18.8. The summed E-state index contributed by atoms with van der Waals surface area (Å²) >= 11 is 0. The predicted molar refractivity (Wildman–Crippen MR) is 116 cm³/mol. The third kappa shape index (κ3) is 4.69. The van der Waals surface area contributed by atoms with Crippen LogP contribution in [0.15, 0.2) is 41.0 Å². The molecule has 0 spiro atoms. The molecule has 2 N–H and O–H groups in total. The highest BCUT2D eigenvalue weighted by Gasteiger charge is 2.28. The molecule has 4 rings (SSSR count). The fourth-order valence-electron chi connectivity index (χ4n) is 4.62. The van der Waals surface area contributed by atoms with Gasteiger partial charge in [0, 0.05) is 30.7 Å². The number of hydrogen-bond acceptors (Lipinski definition) is 4. The van der Waals surface area contributed by atoms with Crippen molar-refractivity contribution in [3.05, 3.63) is 53.5 Å². The summed E-state index contributed by atoms with van der Waals surface area (Å²) in [4.78, 5) is 27.1. The van der Waals surface area contributed by atoms with Crippen LogP contribution in [0.25, 0.3) is 0 Å². The Kier molecular flexibility index (Phi) is 6.41. The number of para-hydroxylation sites is 1. The molecule has 6 nitrogen and oxygen atoms in total. The second kappa shape index (κ2) is 9.37. The van der Waals surface area contributed by atoms with E-state index >= 15 is 0 Å². The van der Waals surface area contributed by atoms with Gasteiger partial charge in [-0.2, -0.15) is 0 Å². The van der Waals surface area contributed by atoms with Crippen molar-refractivity contribution in [1.29, 1.82) is 0 Å². The first kappa shape index (κ1) is 20.5. The minimum atomic E-state index is -0.190. The summed E-state index contributed by atoms with van der Waals surface area (Å²) in [6, 6.07) is 10.7. The van der Waals surface area contributed by atoms with Gasteiger partial charge in [-0.15, -0.1) is 0 Å². The zero-order valence-electron chi connectivity index (χ0n) is 17.7. The minimum absolute atomic E-state index is 0.0112. The van der Waals surface area contributed by atoms with E-state index in [4.69, 9.17) is 4.42 Å². The number of anilines is 1. The standard InChI is InChI=1S/C24H31N3O3/c1-17-15-18-7-5-6-10-21(18)27(17)16-22-20(12-14-30-22)24(29)25-13-11-23(28)26-19-8-3-2-4-9-19/h5-7,10,12,14,17,19H,2-4,8-9,11,13,15-16H2,1H3,(H,25,29)(H,26,28). The Morgan fingerprint density at radius 2 is 1.93 bits per heavy atom. The van der Waals surface area contributed by atoms with E-state index < -0.39 is 0 Å². The lowest BCUT2D eigenvalue weighted by Gasteiger charge is -2.24. The number of rotatable bonds is 7. The molecule has 2 heterocycles. The molecule has 1 aliphatic heterocycles. The second-order valence-electron chi connectivity index (χ2n) is 8.48. The third-order valence-electron chi connectivity index (χ3n) is 6.26. The van der Waals surface area contributed by atoms with Crippen LogP contribution in [-0.2, 0) is 17.8 Å². The van der Waals surface area contributed by atoms with Crippen LogP contribution in [0.4, 0.5) is 5.69 Å². The van der Waals surface area contributed by atoms with Gasteiger partial charge in [-0.1, -0.05) is 37.5 Å². The van der Waals surface area contributed by atoms with Gasteiger partial charge >= 0.3 is 0 Å². The van der Waals surface area contributed by atoms with E-state index in [2.05, 4.69) is 40.7 Å². The number of furan rings is 1. The summed E-state index contributed by atoms with van der Waals surface area (Å²) in [6.07, 6.45) is 8.61. The molecule has 1 aromatic heterocycles. The van der Waals surface area contributed by atoms with Crippen molar-refractivity contribution < 1.29 is 14.0 Å². The van der Waals surface area contributed by atoms with Crippen molar-refractivity contribution in [2.75, 3.05) is 11.4 Å². The van der Waals surface area contributed by atoms with Crippen LogP contribution in [-0.4, -0.2) is 30.4 Å². The fourth-order valence-corrected chi connectivity index (χ4v) is 4.62. The molecular weight excluding hydrogens is 378 g/mol. The third-order valence-corrected chi connectivity index (χ3v) is 6.26. The molecule has 30 heavy (non-hydrogen) atoms. The number of benzene rings is 1. The van der Waals surface area contributed by atoms with Gasteiger partial charge in [0.05, 0.1) is 18.4 Å². The average molecular weight is 410 g/mol. The molecule has 160 valence electrons. The molecule has 2 amide bonds. The van der Waals surface area contributed by atoms with Crippen molar-refractivity contribution in [3.8, 4) is 0 Å². The van der Waals surface area contributed by atoms with Gasteiger partial charge in [0.1, 0.15) is 5.76 Å². The molecule has 6 heteroatoms. The van der Waals surface area contributed by atoms with Gasteiger partial charge in [0.25, 0.3) is 5.91 Å². The Bertz CT molecular complexity index is 885. The largest absolute Gasteiger partial charge is 0.467 e. The van der Waals surface area contributed by atoms with E-state index in [9.17, 15) is 9.59 Å². The first-order valence-electron chi connectivity index (χ1n) is 11.1. The lowest BCUT2D eigenvalue weighted by Crippen LogP contribution is -2.38. The lowest BCUT2D eigenvalue weighted by molar-refractivity contribution is -0.121. The maximum Gasteiger partial charge on any atom is 0.254 e. The molecule has 1 unspecified atom stereocenters. The van der Waals surface area contributed by atoms with Crippen LogP contribution < -0.4 is 15.5 Å². The molecule has 1 fully saturated rings.